The van der Waals surface area contributed by atoms with Crippen molar-refractivity contribution in [1.29, 1.82) is 0 Å². The van der Waals surface area contributed by atoms with Crippen molar-refractivity contribution in [3.63, 3.8) is 0 Å². The summed E-state index contributed by atoms with van der Waals surface area (Å²) < 4.78 is 5.65. The first kappa shape index (κ1) is 20.0. The molecule has 148 valence electrons. The molecule has 28 heavy (non-hydrogen) atoms. The molecule has 0 aromatic heterocycles. The smallest absolute Gasteiger partial charge is 0.251 e. The number of rotatable bonds is 6. The molecule has 1 fully saturated rings. The van der Waals surface area contributed by atoms with Crippen LogP contribution < -0.4 is 10.6 Å². The molecule has 1 aliphatic rings. The van der Waals surface area contributed by atoms with Crippen molar-refractivity contribution in [3.05, 3.63) is 71.8 Å². The zero-order chi connectivity index (χ0) is 20.1. The number of benzene rings is 2. The van der Waals surface area contributed by atoms with E-state index in [0.29, 0.717) is 11.1 Å². The minimum Gasteiger partial charge on any atom is -0.387 e. The summed E-state index contributed by atoms with van der Waals surface area (Å²) >= 11 is 0. The molecule has 2 aromatic carbocycles. The maximum atomic E-state index is 12.2. The first-order chi connectivity index (χ1) is 13.4. The van der Waals surface area contributed by atoms with E-state index in [4.69, 9.17) is 4.74 Å². The summed E-state index contributed by atoms with van der Waals surface area (Å²) in [6.45, 7) is 1.48. The molecule has 0 saturated carbocycles. The highest BCUT2D eigenvalue weighted by atomic mass is 16.5. The molecule has 7 nitrogen and oxygen atoms in total. The molecule has 3 rings (SSSR count). The number of hydrogen-bond donors (Lipinski definition) is 4. The van der Waals surface area contributed by atoms with Crippen LogP contribution in [0.4, 0.5) is 0 Å². The van der Waals surface area contributed by atoms with E-state index >= 15 is 0 Å². The first-order valence-electron chi connectivity index (χ1n) is 9.14. The SMILES string of the molecule is CC1O[C@H](CNC(=O)c2ccccc2)[C@@H](O)[C@]1(O)CNC(=O)c1ccccc1. The lowest BCUT2D eigenvalue weighted by molar-refractivity contribution is -0.0682. The standard InChI is InChI=1S/C21H24N2O5/c1-14-21(27,13-23-20(26)16-10-6-3-7-11-16)18(24)17(28-14)12-22-19(25)15-8-4-2-5-9-15/h2-11,14,17-18,24,27H,12-13H2,1H3,(H,22,25)(H,23,26)/t14?,17-,18-,21+/m1/s1. The van der Waals surface area contributed by atoms with E-state index in [9.17, 15) is 19.8 Å². The predicted octanol–water partition coefficient (Wildman–Crippen LogP) is 0.726. The fraction of sp³-hybridized carbons (Fsp3) is 0.333. The first-order valence-corrected chi connectivity index (χ1v) is 9.14. The van der Waals surface area contributed by atoms with Crippen molar-refractivity contribution < 1.29 is 24.5 Å². The van der Waals surface area contributed by atoms with Crippen molar-refractivity contribution in [1.82, 2.24) is 10.6 Å². The third kappa shape index (κ3) is 4.22. The van der Waals surface area contributed by atoms with Crippen LogP contribution in [0.2, 0.25) is 0 Å². The van der Waals surface area contributed by atoms with Gasteiger partial charge in [0, 0.05) is 17.7 Å². The van der Waals surface area contributed by atoms with Gasteiger partial charge >= 0.3 is 0 Å². The molecule has 2 amide bonds. The van der Waals surface area contributed by atoms with E-state index < -0.39 is 23.9 Å². The van der Waals surface area contributed by atoms with Crippen LogP contribution in [-0.2, 0) is 4.74 Å². The van der Waals surface area contributed by atoms with E-state index in [0.717, 1.165) is 0 Å². The molecule has 1 saturated heterocycles. The van der Waals surface area contributed by atoms with Crippen LogP contribution in [0.15, 0.2) is 60.7 Å². The third-order valence-electron chi connectivity index (χ3n) is 5.02. The van der Waals surface area contributed by atoms with Crippen LogP contribution in [-0.4, -0.2) is 59.0 Å². The minimum absolute atomic E-state index is 0.0359. The van der Waals surface area contributed by atoms with Crippen LogP contribution >= 0.6 is 0 Å². The topological polar surface area (TPSA) is 108 Å². The third-order valence-corrected chi connectivity index (χ3v) is 5.02. The molecular weight excluding hydrogens is 360 g/mol. The second-order valence-electron chi connectivity index (χ2n) is 6.88. The van der Waals surface area contributed by atoms with Gasteiger partial charge in [-0.25, -0.2) is 0 Å². The van der Waals surface area contributed by atoms with Gasteiger partial charge in [0.1, 0.15) is 17.8 Å². The summed E-state index contributed by atoms with van der Waals surface area (Å²) in [5.41, 5.74) is -0.709. The van der Waals surface area contributed by atoms with Gasteiger partial charge < -0.3 is 25.6 Å². The Bertz CT molecular complexity index is 814. The van der Waals surface area contributed by atoms with Crippen LogP contribution in [0, 0.1) is 0 Å². The van der Waals surface area contributed by atoms with Crippen LogP contribution in [0.1, 0.15) is 27.6 Å². The second kappa shape index (κ2) is 8.52. The van der Waals surface area contributed by atoms with E-state index in [1.54, 1.807) is 61.5 Å². The Morgan fingerprint density at radius 1 is 0.964 bits per heavy atom. The summed E-state index contributed by atoms with van der Waals surface area (Å²) in [6.07, 6.45) is -2.78. The molecule has 0 radical (unpaired) electrons. The van der Waals surface area contributed by atoms with Crippen molar-refractivity contribution in [2.45, 2.75) is 30.8 Å². The molecular formula is C21H24N2O5. The molecule has 2 aromatic rings. The molecule has 0 aliphatic carbocycles. The molecule has 7 heteroatoms. The van der Waals surface area contributed by atoms with Crippen molar-refractivity contribution >= 4 is 11.8 Å². The molecule has 1 unspecified atom stereocenters. The van der Waals surface area contributed by atoms with E-state index in [1.165, 1.54) is 0 Å². The number of amides is 2. The molecule has 1 aliphatic heterocycles. The molecule has 0 bridgehead atoms. The maximum Gasteiger partial charge on any atom is 0.251 e. The normalized spacial score (nSPS) is 26.6. The van der Waals surface area contributed by atoms with Gasteiger partial charge in [-0.05, 0) is 31.2 Å². The highest BCUT2D eigenvalue weighted by Crippen LogP contribution is 2.30. The predicted molar refractivity (Wildman–Crippen MR) is 103 cm³/mol. The Morgan fingerprint density at radius 2 is 1.46 bits per heavy atom. The Balaban J connectivity index is 1.57. The number of carbonyl (C=O) groups is 2. The second-order valence-corrected chi connectivity index (χ2v) is 6.88. The lowest BCUT2D eigenvalue weighted by Gasteiger charge is -2.29. The highest BCUT2D eigenvalue weighted by Gasteiger charge is 2.53. The van der Waals surface area contributed by atoms with Gasteiger partial charge in [-0.2, -0.15) is 0 Å². The van der Waals surface area contributed by atoms with Gasteiger partial charge in [0.15, 0.2) is 0 Å². The quantitative estimate of drug-likeness (QED) is 0.587. The van der Waals surface area contributed by atoms with Crippen molar-refractivity contribution in [2.24, 2.45) is 0 Å². The van der Waals surface area contributed by atoms with E-state index in [1.807, 2.05) is 6.07 Å². The Labute approximate surface area is 163 Å². The zero-order valence-corrected chi connectivity index (χ0v) is 15.5. The number of hydrogen-bond acceptors (Lipinski definition) is 5. The number of nitrogens with one attached hydrogen (secondary N) is 2. The van der Waals surface area contributed by atoms with E-state index in [-0.39, 0.29) is 24.9 Å². The summed E-state index contributed by atoms with van der Waals surface area (Å²) in [5.74, 6) is -0.647. The Hall–Kier alpha value is -2.74. The van der Waals surface area contributed by atoms with Gasteiger partial charge in [0.05, 0.1) is 12.6 Å². The fourth-order valence-corrected chi connectivity index (χ4v) is 3.22. The van der Waals surface area contributed by atoms with Gasteiger partial charge in [0.25, 0.3) is 11.8 Å². The summed E-state index contributed by atoms with van der Waals surface area (Å²) in [4.78, 5) is 24.4. The number of aliphatic hydroxyl groups excluding tert-OH is 1. The average Bonchev–Trinajstić information content (AvgIpc) is 2.95. The van der Waals surface area contributed by atoms with Crippen molar-refractivity contribution in [2.75, 3.05) is 13.1 Å². The number of carbonyl (C=O) groups excluding carboxylic acids is 2. The van der Waals surface area contributed by atoms with Crippen molar-refractivity contribution in [3.8, 4) is 0 Å². The van der Waals surface area contributed by atoms with E-state index in [2.05, 4.69) is 10.6 Å². The van der Waals surface area contributed by atoms with Gasteiger partial charge in [0.2, 0.25) is 0 Å². The minimum atomic E-state index is -1.66. The van der Waals surface area contributed by atoms with Gasteiger partial charge in [-0.1, -0.05) is 36.4 Å². The lowest BCUT2D eigenvalue weighted by atomic mass is 9.91. The number of aliphatic hydroxyl groups is 2. The lowest BCUT2D eigenvalue weighted by Crippen LogP contribution is -2.56. The zero-order valence-electron chi connectivity index (χ0n) is 15.5. The molecule has 0 spiro atoms. The monoisotopic (exact) mass is 384 g/mol. The van der Waals surface area contributed by atoms with Crippen LogP contribution in [0.25, 0.3) is 0 Å². The van der Waals surface area contributed by atoms with Gasteiger partial charge in [-0.3, -0.25) is 9.59 Å². The number of ether oxygens (including phenoxy) is 1. The Kier molecular flexibility index (Phi) is 6.08. The van der Waals surface area contributed by atoms with Gasteiger partial charge in [-0.15, -0.1) is 0 Å². The maximum absolute atomic E-state index is 12.2. The largest absolute Gasteiger partial charge is 0.387 e. The summed E-state index contributed by atoms with van der Waals surface area (Å²) in [7, 11) is 0. The molecule has 4 atom stereocenters. The average molecular weight is 384 g/mol. The summed E-state index contributed by atoms with van der Waals surface area (Å²) in [6, 6.07) is 17.3. The fourth-order valence-electron chi connectivity index (χ4n) is 3.22. The molecule has 1 heterocycles. The Morgan fingerprint density at radius 3 is 2.00 bits per heavy atom. The highest BCUT2D eigenvalue weighted by molar-refractivity contribution is 5.94. The van der Waals surface area contributed by atoms with Crippen LogP contribution in [0.3, 0.4) is 0 Å². The summed E-state index contributed by atoms with van der Waals surface area (Å²) in [5, 5.41) is 26.8. The molecule has 4 N–H and O–H groups in total. The van der Waals surface area contributed by atoms with Crippen LogP contribution in [0.5, 0.6) is 0 Å².